The first kappa shape index (κ1) is 15.3. The molecule has 3 heterocycles. The van der Waals surface area contributed by atoms with Gasteiger partial charge in [-0.05, 0) is 48.8 Å². The van der Waals surface area contributed by atoms with E-state index in [1.165, 1.54) is 6.07 Å². The minimum absolute atomic E-state index is 0.0665. The van der Waals surface area contributed by atoms with Gasteiger partial charge in [0, 0.05) is 51.4 Å². The SMILES string of the molecule is [2H]C([2H])([2H])n1c(CC(=O)N[C@@H]2CCOC2)c2n(c1=S)C[C@@]1(c3cc(Br)ccc3F)C[C@@H]21. The molecule has 0 radical (unpaired) electrons. The number of hydrogen-bond acceptors (Lipinski definition) is 3. The van der Waals surface area contributed by atoms with Gasteiger partial charge in [-0.3, -0.25) is 4.79 Å². The van der Waals surface area contributed by atoms with Gasteiger partial charge < -0.3 is 19.2 Å². The average molecular weight is 469 g/mol. The van der Waals surface area contributed by atoms with Gasteiger partial charge in [0.2, 0.25) is 5.91 Å². The van der Waals surface area contributed by atoms with Crippen molar-refractivity contribution in [2.75, 3.05) is 13.2 Å². The molecule has 0 spiro atoms. The van der Waals surface area contributed by atoms with E-state index in [1.54, 1.807) is 16.7 Å². The number of benzene rings is 1. The zero-order valence-electron chi connectivity index (χ0n) is 18.0. The second-order valence-corrected chi connectivity index (χ2v) is 9.16. The Labute approximate surface area is 180 Å². The summed E-state index contributed by atoms with van der Waals surface area (Å²) in [6.07, 6.45) is 1.35. The molecular formula is C20H21BrFN3O2S. The second kappa shape index (κ2) is 6.50. The van der Waals surface area contributed by atoms with Gasteiger partial charge in [-0.15, -0.1) is 0 Å². The van der Waals surface area contributed by atoms with Crippen LogP contribution in [0.3, 0.4) is 0 Å². The lowest BCUT2D eigenvalue weighted by Gasteiger charge is -2.15. The van der Waals surface area contributed by atoms with Crippen LogP contribution in [0.1, 0.15) is 39.8 Å². The summed E-state index contributed by atoms with van der Waals surface area (Å²) >= 11 is 8.94. The first-order valence-corrected chi connectivity index (χ1v) is 10.5. The number of aromatic nitrogens is 2. The number of carbonyl (C=O) groups is 1. The van der Waals surface area contributed by atoms with Crippen molar-refractivity contribution in [3.8, 4) is 0 Å². The molecule has 28 heavy (non-hydrogen) atoms. The quantitative estimate of drug-likeness (QED) is 0.699. The summed E-state index contributed by atoms with van der Waals surface area (Å²) in [7, 11) is 0. The third-order valence-corrected chi connectivity index (χ3v) is 7.11. The number of nitrogens with one attached hydrogen (secondary N) is 1. The zero-order chi connectivity index (χ0) is 22.1. The van der Waals surface area contributed by atoms with E-state index in [1.807, 2.05) is 0 Å². The molecule has 3 atom stereocenters. The van der Waals surface area contributed by atoms with Crippen LogP contribution in [-0.4, -0.2) is 34.3 Å². The molecule has 3 aliphatic rings. The van der Waals surface area contributed by atoms with Crippen molar-refractivity contribution in [2.45, 2.75) is 43.2 Å². The highest BCUT2D eigenvalue weighted by atomic mass is 79.9. The number of hydrogen-bond donors (Lipinski definition) is 1. The number of nitrogens with zero attached hydrogens (tertiary/aromatic N) is 2. The van der Waals surface area contributed by atoms with Gasteiger partial charge in [0.25, 0.3) is 0 Å². The Morgan fingerprint density at radius 1 is 1.57 bits per heavy atom. The van der Waals surface area contributed by atoms with E-state index in [2.05, 4.69) is 21.2 Å². The number of carbonyl (C=O) groups excluding carboxylic acids is 1. The normalized spacial score (nSPS) is 29.6. The Bertz CT molecular complexity index is 1140. The third-order valence-electron chi connectivity index (χ3n) is 6.21. The predicted octanol–water partition coefficient (Wildman–Crippen LogP) is 3.34. The van der Waals surface area contributed by atoms with Crippen LogP contribution < -0.4 is 5.32 Å². The Morgan fingerprint density at radius 3 is 3.18 bits per heavy atom. The van der Waals surface area contributed by atoms with Crippen LogP contribution in [0.25, 0.3) is 0 Å². The maximum absolute atomic E-state index is 14.7. The van der Waals surface area contributed by atoms with Crippen molar-refractivity contribution >= 4 is 34.1 Å². The highest BCUT2D eigenvalue weighted by Crippen LogP contribution is 2.66. The highest BCUT2D eigenvalue weighted by molar-refractivity contribution is 9.10. The number of fused-ring (bicyclic) bond motifs is 3. The molecule has 1 saturated carbocycles. The maximum atomic E-state index is 14.7. The number of amides is 1. The van der Waals surface area contributed by atoms with E-state index in [-0.39, 0.29) is 34.9 Å². The maximum Gasteiger partial charge on any atom is 0.226 e. The molecule has 1 aromatic carbocycles. The van der Waals surface area contributed by atoms with E-state index in [9.17, 15) is 9.18 Å². The number of ether oxygens (including phenoxy) is 1. The first-order chi connectivity index (χ1) is 14.6. The van der Waals surface area contributed by atoms with E-state index >= 15 is 0 Å². The molecular weight excluding hydrogens is 445 g/mol. The van der Waals surface area contributed by atoms with Gasteiger partial charge >= 0.3 is 0 Å². The van der Waals surface area contributed by atoms with Crippen LogP contribution in [0, 0.1) is 10.6 Å². The standard InChI is InChI=1S/C20H21BrFN3O2S/c1-24-16(7-17(26)23-12-4-5-27-9-12)18-14-8-20(14,10-25(18)19(24)28)13-6-11(21)2-3-15(13)22/h2-3,6,12,14H,4-5,7-10H2,1H3,(H,23,26)/t12-,14+,20-/m1/s1/i1D3. The number of halogens is 2. The van der Waals surface area contributed by atoms with Gasteiger partial charge in [-0.25, -0.2) is 4.39 Å². The Balaban J connectivity index is 1.53. The third kappa shape index (κ3) is 2.72. The Kier molecular flexibility index (Phi) is 3.56. The summed E-state index contributed by atoms with van der Waals surface area (Å²) in [6, 6.07) is 4.82. The molecule has 1 saturated heterocycles. The van der Waals surface area contributed by atoms with E-state index in [4.69, 9.17) is 21.1 Å². The summed E-state index contributed by atoms with van der Waals surface area (Å²) in [6.45, 7) is -1.04. The van der Waals surface area contributed by atoms with Crippen LogP contribution in [0.4, 0.5) is 4.39 Å². The minimum Gasteiger partial charge on any atom is -0.379 e. The molecule has 2 fully saturated rings. The first-order valence-electron chi connectivity index (χ1n) is 10.8. The average Bonchev–Trinajstić information content (AvgIpc) is 2.98. The van der Waals surface area contributed by atoms with Gasteiger partial charge in [-0.2, -0.15) is 0 Å². The zero-order valence-corrected chi connectivity index (χ0v) is 17.4. The summed E-state index contributed by atoms with van der Waals surface area (Å²) in [5, 5.41) is 2.92. The fourth-order valence-electron chi connectivity index (χ4n) is 4.78. The Hall–Kier alpha value is -1.51. The van der Waals surface area contributed by atoms with Crippen LogP contribution in [0.5, 0.6) is 0 Å². The molecule has 2 aliphatic heterocycles. The fourth-order valence-corrected chi connectivity index (χ4v) is 5.42. The molecule has 0 unspecified atom stereocenters. The molecule has 148 valence electrons. The van der Waals surface area contributed by atoms with Gasteiger partial charge in [-0.1, -0.05) is 15.9 Å². The van der Waals surface area contributed by atoms with Crippen molar-refractivity contribution in [3.05, 3.63) is 50.2 Å². The van der Waals surface area contributed by atoms with Crippen molar-refractivity contribution in [3.63, 3.8) is 0 Å². The van der Waals surface area contributed by atoms with Crippen LogP contribution >= 0.6 is 28.1 Å². The second-order valence-electron chi connectivity index (χ2n) is 7.88. The number of rotatable bonds is 4. The van der Waals surface area contributed by atoms with Crippen LogP contribution in [-0.2, 0) is 34.9 Å². The predicted molar refractivity (Wildman–Crippen MR) is 108 cm³/mol. The van der Waals surface area contributed by atoms with E-state index in [0.29, 0.717) is 37.4 Å². The Morgan fingerprint density at radius 2 is 2.43 bits per heavy atom. The molecule has 1 amide bonds. The largest absolute Gasteiger partial charge is 0.379 e. The smallest absolute Gasteiger partial charge is 0.226 e. The summed E-state index contributed by atoms with van der Waals surface area (Å²) < 4.78 is 47.8. The van der Waals surface area contributed by atoms with Crippen molar-refractivity contribution in [1.82, 2.24) is 14.5 Å². The molecule has 1 aliphatic carbocycles. The highest BCUT2D eigenvalue weighted by Gasteiger charge is 2.63. The summed E-state index contributed by atoms with van der Waals surface area (Å²) in [5.74, 6) is -0.616. The van der Waals surface area contributed by atoms with E-state index < -0.39 is 12.4 Å². The monoisotopic (exact) mass is 468 g/mol. The van der Waals surface area contributed by atoms with Crippen LogP contribution in [0.2, 0.25) is 0 Å². The molecule has 1 aromatic heterocycles. The molecule has 1 N–H and O–H groups in total. The number of imidazole rings is 1. The van der Waals surface area contributed by atoms with Crippen molar-refractivity contribution in [2.24, 2.45) is 6.98 Å². The molecule has 2 aromatic rings. The molecule has 0 bridgehead atoms. The van der Waals surface area contributed by atoms with Gasteiger partial charge in [0.05, 0.1) is 19.1 Å². The topological polar surface area (TPSA) is 48.2 Å². The summed E-state index contributed by atoms with van der Waals surface area (Å²) in [5.41, 5.74) is 1.30. The molecule has 5 nitrogen and oxygen atoms in total. The lowest BCUT2D eigenvalue weighted by atomic mass is 9.93. The molecule has 5 rings (SSSR count). The van der Waals surface area contributed by atoms with Crippen molar-refractivity contribution < 1.29 is 18.0 Å². The minimum atomic E-state index is -2.50. The van der Waals surface area contributed by atoms with Crippen molar-refractivity contribution in [1.29, 1.82) is 0 Å². The fraction of sp³-hybridized carbons (Fsp3) is 0.500. The molecule has 8 heteroatoms. The summed E-state index contributed by atoms with van der Waals surface area (Å²) in [4.78, 5) is 12.8. The van der Waals surface area contributed by atoms with E-state index in [0.717, 1.165) is 21.2 Å². The van der Waals surface area contributed by atoms with Gasteiger partial charge in [0.1, 0.15) is 5.82 Å². The van der Waals surface area contributed by atoms with Crippen LogP contribution in [0.15, 0.2) is 22.7 Å². The lowest BCUT2D eigenvalue weighted by Crippen LogP contribution is -2.36. The van der Waals surface area contributed by atoms with Gasteiger partial charge in [0.15, 0.2) is 4.77 Å². The lowest BCUT2D eigenvalue weighted by molar-refractivity contribution is -0.121.